The van der Waals surface area contributed by atoms with Crippen molar-refractivity contribution in [3.05, 3.63) is 35.9 Å². The van der Waals surface area contributed by atoms with Crippen molar-refractivity contribution < 1.29 is 4.74 Å². The average molecular weight is 217 g/mol. The third-order valence-corrected chi connectivity index (χ3v) is 2.48. The average Bonchev–Trinajstić information content (AvgIpc) is 2.61. The molecule has 0 amide bonds. The summed E-state index contributed by atoms with van der Waals surface area (Å²) in [7, 11) is 3.52. The Kier molecular flexibility index (Phi) is 2.92. The topological polar surface area (TPSA) is 53.1 Å². The van der Waals surface area contributed by atoms with Crippen LogP contribution in [0.2, 0.25) is 0 Å². The quantitative estimate of drug-likeness (QED) is 0.853. The SMILES string of the molecule is COCc1ccc(-c2cc(N)n(C)n2)cc1. The lowest BCUT2D eigenvalue weighted by atomic mass is 10.1. The van der Waals surface area contributed by atoms with E-state index in [9.17, 15) is 0 Å². The fourth-order valence-corrected chi connectivity index (χ4v) is 1.56. The molecule has 16 heavy (non-hydrogen) atoms. The van der Waals surface area contributed by atoms with Crippen molar-refractivity contribution >= 4 is 5.82 Å². The van der Waals surface area contributed by atoms with Crippen molar-refractivity contribution in [2.45, 2.75) is 6.61 Å². The Bertz CT molecular complexity index is 454. The monoisotopic (exact) mass is 217 g/mol. The Morgan fingerprint density at radius 1 is 1.31 bits per heavy atom. The number of aromatic nitrogens is 2. The van der Waals surface area contributed by atoms with E-state index >= 15 is 0 Å². The van der Waals surface area contributed by atoms with Crippen molar-refractivity contribution in [1.29, 1.82) is 0 Å². The minimum absolute atomic E-state index is 0.630. The zero-order chi connectivity index (χ0) is 11.5. The van der Waals surface area contributed by atoms with Crippen LogP contribution in [0.15, 0.2) is 30.3 Å². The van der Waals surface area contributed by atoms with Crippen molar-refractivity contribution in [2.75, 3.05) is 12.8 Å². The van der Waals surface area contributed by atoms with Crippen LogP contribution in [-0.4, -0.2) is 16.9 Å². The number of hydrogen-bond acceptors (Lipinski definition) is 3. The highest BCUT2D eigenvalue weighted by Crippen LogP contribution is 2.20. The standard InChI is InChI=1S/C12H15N3O/c1-15-12(13)7-11(14-15)10-5-3-9(4-6-10)8-16-2/h3-7H,8,13H2,1-2H3. The molecule has 2 rings (SSSR count). The van der Waals surface area contributed by atoms with Crippen LogP contribution in [-0.2, 0) is 18.4 Å². The number of methoxy groups -OCH3 is 1. The van der Waals surface area contributed by atoms with Gasteiger partial charge < -0.3 is 10.5 Å². The second-order valence-electron chi connectivity index (χ2n) is 3.71. The number of ether oxygens (including phenoxy) is 1. The second-order valence-corrected chi connectivity index (χ2v) is 3.71. The number of benzene rings is 1. The first-order valence-electron chi connectivity index (χ1n) is 5.08. The van der Waals surface area contributed by atoms with Crippen molar-refractivity contribution in [2.24, 2.45) is 7.05 Å². The highest BCUT2D eigenvalue weighted by molar-refractivity contribution is 5.62. The van der Waals surface area contributed by atoms with Crippen molar-refractivity contribution in [3.63, 3.8) is 0 Å². The molecular weight excluding hydrogens is 202 g/mol. The number of anilines is 1. The number of nitrogen functional groups attached to an aromatic ring is 1. The zero-order valence-electron chi connectivity index (χ0n) is 9.47. The molecule has 1 aromatic carbocycles. The lowest BCUT2D eigenvalue weighted by molar-refractivity contribution is 0.185. The molecule has 0 fully saturated rings. The van der Waals surface area contributed by atoms with E-state index in [1.807, 2.05) is 37.4 Å². The normalized spacial score (nSPS) is 10.6. The van der Waals surface area contributed by atoms with Crippen molar-refractivity contribution in [1.82, 2.24) is 9.78 Å². The van der Waals surface area contributed by atoms with Gasteiger partial charge in [-0.1, -0.05) is 24.3 Å². The number of hydrogen-bond donors (Lipinski definition) is 1. The number of aryl methyl sites for hydroxylation is 1. The number of nitrogens with zero attached hydrogens (tertiary/aromatic N) is 2. The molecule has 4 nitrogen and oxygen atoms in total. The molecule has 0 radical (unpaired) electrons. The predicted octanol–water partition coefficient (Wildman–Crippen LogP) is 1.82. The Morgan fingerprint density at radius 2 is 2.00 bits per heavy atom. The molecule has 0 unspecified atom stereocenters. The van der Waals surface area contributed by atoms with Gasteiger partial charge in [0.15, 0.2) is 0 Å². The summed E-state index contributed by atoms with van der Waals surface area (Å²) in [6.45, 7) is 0.630. The first-order valence-corrected chi connectivity index (χ1v) is 5.08. The van der Waals surface area contributed by atoms with Crippen LogP contribution in [0.5, 0.6) is 0 Å². The lowest BCUT2D eigenvalue weighted by Gasteiger charge is -2.00. The molecular formula is C12H15N3O. The summed E-state index contributed by atoms with van der Waals surface area (Å²) >= 11 is 0. The van der Waals surface area contributed by atoms with Gasteiger partial charge in [0.25, 0.3) is 0 Å². The van der Waals surface area contributed by atoms with Gasteiger partial charge in [-0.3, -0.25) is 4.68 Å². The maximum absolute atomic E-state index is 5.74. The molecule has 0 aliphatic carbocycles. The summed E-state index contributed by atoms with van der Waals surface area (Å²) in [4.78, 5) is 0. The summed E-state index contributed by atoms with van der Waals surface area (Å²) in [6, 6.07) is 9.98. The minimum Gasteiger partial charge on any atom is -0.384 e. The highest BCUT2D eigenvalue weighted by Gasteiger charge is 2.04. The zero-order valence-corrected chi connectivity index (χ0v) is 9.47. The molecule has 4 heteroatoms. The molecule has 0 saturated heterocycles. The molecule has 2 aromatic rings. The molecule has 0 atom stereocenters. The highest BCUT2D eigenvalue weighted by atomic mass is 16.5. The van der Waals surface area contributed by atoms with Gasteiger partial charge in [-0.05, 0) is 5.56 Å². The summed E-state index contributed by atoms with van der Waals surface area (Å²) in [6.07, 6.45) is 0. The van der Waals surface area contributed by atoms with E-state index in [-0.39, 0.29) is 0 Å². The van der Waals surface area contributed by atoms with Crippen LogP contribution in [0.1, 0.15) is 5.56 Å². The molecule has 1 heterocycles. The summed E-state index contributed by atoms with van der Waals surface area (Å²) < 4.78 is 6.72. The fraction of sp³-hybridized carbons (Fsp3) is 0.250. The van der Waals surface area contributed by atoms with E-state index < -0.39 is 0 Å². The van der Waals surface area contributed by atoms with Crippen LogP contribution in [0.4, 0.5) is 5.82 Å². The van der Waals surface area contributed by atoms with Gasteiger partial charge in [-0.2, -0.15) is 5.10 Å². The Morgan fingerprint density at radius 3 is 2.50 bits per heavy atom. The summed E-state index contributed by atoms with van der Waals surface area (Å²) in [5.41, 5.74) is 8.84. The number of nitrogens with two attached hydrogens (primary N) is 1. The molecule has 0 saturated carbocycles. The van der Waals surface area contributed by atoms with E-state index in [0.717, 1.165) is 16.8 Å². The predicted molar refractivity (Wildman–Crippen MR) is 63.8 cm³/mol. The third kappa shape index (κ3) is 2.06. The van der Waals surface area contributed by atoms with Crippen LogP contribution >= 0.6 is 0 Å². The largest absolute Gasteiger partial charge is 0.384 e. The summed E-state index contributed by atoms with van der Waals surface area (Å²) in [5, 5.41) is 4.32. The molecule has 0 spiro atoms. The van der Waals surface area contributed by atoms with E-state index in [1.54, 1.807) is 11.8 Å². The third-order valence-electron chi connectivity index (χ3n) is 2.48. The van der Waals surface area contributed by atoms with E-state index in [0.29, 0.717) is 12.4 Å². The molecule has 84 valence electrons. The van der Waals surface area contributed by atoms with Gasteiger partial charge in [0.1, 0.15) is 5.82 Å². The maximum Gasteiger partial charge on any atom is 0.121 e. The molecule has 2 N–H and O–H groups in total. The van der Waals surface area contributed by atoms with Gasteiger partial charge >= 0.3 is 0 Å². The van der Waals surface area contributed by atoms with Crippen LogP contribution in [0.25, 0.3) is 11.3 Å². The smallest absolute Gasteiger partial charge is 0.121 e. The van der Waals surface area contributed by atoms with E-state index in [2.05, 4.69) is 5.10 Å². The second kappa shape index (κ2) is 4.37. The van der Waals surface area contributed by atoms with Crippen LogP contribution in [0, 0.1) is 0 Å². The minimum atomic E-state index is 0.630. The first-order chi connectivity index (χ1) is 7.70. The van der Waals surface area contributed by atoms with Crippen LogP contribution < -0.4 is 5.73 Å². The Hall–Kier alpha value is -1.81. The van der Waals surface area contributed by atoms with Crippen molar-refractivity contribution in [3.8, 4) is 11.3 Å². The molecule has 1 aromatic heterocycles. The van der Waals surface area contributed by atoms with E-state index in [4.69, 9.17) is 10.5 Å². The van der Waals surface area contributed by atoms with Gasteiger partial charge in [0.2, 0.25) is 0 Å². The Balaban J connectivity index is 2.27. The first kappa shape index (κ1) is 10.7. The molecule has 0 bridgehead atoms. The molecule has 0 aliphatic rings. The molecule has 0 aliphatic heterocycles. The van der Waals surface area contributed by atoms with Crippen LogP contribution in [0.3, 0.4) is 0 Å². The van der Waals surface area contributed by atoms with Gasteiger partial charge in [-0.25, -0.2) is 0 Å². The van der Waals surface area contributed by atoms with E-state index in [1.165, 1.54) is 0 Å². The Labute approximate surface area is 94.6 Å². The van der Waals surface area contributed by atoms with Gasteiger partial charge in [0.05, 0.1) is 12.3 Å². The fourth-order valence-electron chi connectivity index (χ4n) is 1.56. The van der Waals surface area contributed by atoms with Gasteiger partial charge in [0, 0.05) is 25.8 Å². The lowest BCUT2D eigenvalue weighted by Crippen LogP contribution is -1.96. The number of rotatable bonds is 3. The maximum atomic E-state index is 5.74. The van der Waals surface area contributed by atoms with Gasteiger partial charge in [-0.15, -0.1) is 0 Å². The summed E-state index contributed by atoms with van der Waals surface area (Å²) in [5.74, 6) is 0.663.